The van der Waals surface area contributed by atoms with Gasteiger partial charge in [0.2, 0.25) is 5.91 Å². The van der Waals surface area contributed by atoms with Crippen LogP contribution in [0.1, 0.15) is 13.8 Å². The van der Waals surface area contributed by atoms with Crippen LogP contribution in [0.2, 0.25) is 0 Å². The highest BCUT2D eigenvalue weighted by Gasteiger charge is 2.25. The van der Waals surface area contributed by atoms with Crippen molar-refractivity contribution < 1.29 is 4.79 Å². The molecule has 0 bridgehead atoms. The van der Waals surface area contributed by atoms with E-state index in [9.17, 15) is 4.79 Å². The van der Waals surface area contributed by atoms with Gasteiger partial charge in [0.25, 0.3) is 0 Å². The van der Waals surface area contributed by atoms with Crippen molar-refractivity contribution in [2.24, 2.45) is 5.92 Å². The van der Waals surface area contributed by atoms with Gasteiger partial charge in [0, 0.05) is 33.2 Å². The predicted molar refractivity (Wildman–Crippen MR) is 61.8 cm³/mol. The van der Waals surface area contributed by atoms with Gasteiger partial charge in [-0.25, -0.2) is 0 Å². The maximum Gasteiger partial charge on any atom is 0.240 e. The second-order valence-corrected chi connectivity index (χ2v) is 4.88. The van der Waals surface area contributed by atoms with Crippen LogP contribution in [0, 0.1) is 5.92 Å². The first-order valence-electron chi connectivity index (χ1n) is 5.67. The minimum atomic E-state index is -0.0208. The largest absolute Gasteiger partial charge is 0.344 e. The maximum absolute atomic E-state index is 12.0. The molecule has 0 aromatic carbocycles. The summed E-state index contributed by atoms with van der Waals surface area (Å²) in [5.41, 5.74) is 0. The van der Waals surface area contributed by atoms with Crippen molar-refractivity contribution >= 4 is 5.91 Å². The Bertz CT molecular complexity index is 218. The SMILES string of the molecule is CC(C)CN(C)C(=O)C1CN(C)CCN1. The smallest absolute Gasteiger partial charge is 0.240 e. The monoisotopic (exact) mass is 213 g/mol. The Hall–Kier alpha value is -0.610. The van der Waals surface area contributed by atoms with Gasteiger partial charge >= 0.3 is 0 Å². The van der Waals surface area contributed by atoms with Crippen molar-refractivity contribution in [2.75, 3.05) is 40.3 Å². The van der Waals surface area contributed by atoms with Crippen LogP contribution in [0.3, 0.4) is 0 Å². The fourth-order valence-electron chi connectivity index (χ4n) is 1.97. The van der Waals surface area contributed by atoms with Crippen LogP contribution in [0.5, 0.6) is 0 Å². The number of rotatable bonds is 3. The van der Waals surface area contributed by atoms with Crippen molar-refractivity contribution in [1.29, 1.82) is 0 Å². The third kappa shape index (κ3) is 3.80. The Morgan fingerprint density at radius 2 is 2.27 bits per heavy atom. The van der Waals surface area contributed by atoms with Crippen molar-refractivity contribution in [3.05, 3.63) is 0 Å². The number of hydrogen-bond acceptors (Lipinski definition) is 3. The standard InChI is InChI=1S/C11H23N3O/c1-9(2)7-14(4)11(15)10-8-13(3)6-5-12-10/h9-10,12H,5-8H2,1-4H3. The fourth-order valence-corrected chi connectivity index (χ4v) is 1.97. The lowest BCUT2D eigenvalue weighted by Crippen LogP contribution is -2.56. The Kier molecular flexibility index (Phi) is 4.54. The highest BCUT2D eigenvalue weighted by Crippen LogP contribution is 2.03. The predicted octanol–water partition coefficient (Wildman–Crippen LogP) is 0.00440. The minimum Gasteiger partial charge on any atom is -0.344 e. The van der Waals surface area contributed by atoms with Crippen LogP contribution in [0.25, 0.3) is 0 Å². The first-order valence-corrected chi connectivity index (χ1v) is 5.67. The van der Waals surface area contributed by atoms with Crippen LogP contribution in [0.15, 0.2) is 0 Å². The van der Waals surface area contributed by atoms with E-state index in [1.807, 2.05) is 11.9 Å². The summed E-state index contributed by atoms with van der Waals surface area (Å²) in [6, 6.07) is -0.0208. The van der Waals surface area contributed by atoms with Gasteiger partial charge in [-0.2, -0.15) is 0 Å². The lowest BCUT2D eigenvalue weighted by atomic mass is 10.1. The average Bonchev–Trinajstić information content (AvgIpc) is 2.15. The van der Waals surface area contributed by atoms with Gasteiger partial charge in [-0.3, -0.25) is 4.79 Å². The molecule has 1 rings (SSSR count). The molecule has 88 valence electrons. The van der Waals surface area contributed by atoms with Crippen molar-refractivity contribution in [1.82, 2.24) is 15.1 Å². The molecule has 0 aromatic rings. The molecule has 0 spiro atoms. The molecule has 0 saturated carbocycles. The fraction of sp³-hybridized carbons (Fsp3) is 0.909. The molecule has 1 aliphatic heterocycles. The second-order valence-electron chi connectivity index (χ2n) is 4.88. The van der Waals surface area contributed by atoms with Crippen LogP contribution in [-0.4, -0.2) is 62.0 Å². The summed E-state index contributed by atoms with van der Waals surface area (Å²) in [6.07, 6.45) is 0. The molecule has 1 saturated heterocycles. The van der Waals surface area contributed by atoms with Gasteiger partial charge in [-0.1, -0.05) is 13.8 Å². The Morgan fingerprint density at radius 1 is 1.60 bits per heavy atom. The number of amides is 1. The molecule has 4 heteroatoms. The van der Waals surface area contributed by atoms with E-state index in [0.717, 1.165) is 26.2 Å². The molecule has 4 nitrogen and oxygen atoms in total. The zero-order chi connectivity index (χ0) is 11.4. The number of hydrogen-bond donors (Lipinski definition) is 1. The third-order valence-corrected chi connectivity index (χ3v) is 2.69. The molecule has 1 aliphatic rings. The molecule has 0 aromatic heterocycles. The summed E-state index contributed by atoms with van der Waals surface area (Å²) >= 11 is 0. The molecule has 15 heavy (non-hydrogen) atoms. The maximum atomic E-state index is 12.0. The van der Waals surface area contributed by atoms with Crippen LogP contribution in [-0.2, 0) is 4.79 Å². The summed E-state index contributed by atoms with van der Waals surface area (Å²) in [5.74, 6) is 0.746. The van der Waals surface area contributed by atoms with Crippen LogP contribution >= 0.6 is 0 Å². The first-order chi connectivity index (χ1) is 7.00. The molecule has 1 fully saturated rings. The van der Waals surface area contributed by atoms with Crippen LogP contribution < -0.4 is 5.32 Å². The zero-order valence-electron chi connectivity index (χ0n) is 10.3. The van der Waals surface area contributed by atoms with Gasteiger partial charge in [0.05, 0.1) is 6.04 Å². The quantitative estimate of drug-likeness (QED) is 0.717. The van der Waals surface area contributed by atoms with Crippen LogP contribution in [0.4, 0.5) is 0 Å². The molecule has 0 aliphatic carbocycles. The van der Waals surface area contributed by atoms with E-state index in [0.29, 0.717) is 5.92 Å². The lowest BCUT2D eigenvalue weighted by molar-refractivity contribution is -0.133. The van der Waals surface area contributed by atoms with E-state index in [-0.39, 0.29) is 11.9 Å². The normalized spacial score (nSPS) is 23.1. The van der Waals surface area contributed by atoms with Gasteiger partial charge < -0.3 is 15.1 Å². The molecule has 1 N–H and O–H groups in total. The Balaban J connectivity index is 2.44. The summed E-state index contributed by atoms with van der Waals surface area (Å²) in [5, 5.41) is 3.27. The Labute approximate surface area is 92.6 Å². The summed E-state index contributed by atoms with van der Waals surface area (Å²) in [7, 11) is 3.95. The van der Waals surface area contributed by atoms with E-state index in [4.69, 9.17) is 0 Å². The van der Waals surface area contributed by atoms with E-state index in [1.165, 1.54) is 0 Å². The highest BCUT2D eigenvalue weighted by molar-refractivity contribution is 5.82. The third-order valence-electron chi connectivity index (χ3n) is 2.69. The highest BCUT2D eigenvalue weighted by atomic mass is 16.2. The minimum absolute atomic E-state index is 0.0208. The number of carbonyl (C=O) groups is 1. The number of piperazine rings is 1. The van der Waals surface area contributed by atoms with Crippen molar-refractivity contribution in [3.8, 4) is 0 Å². The molecular formula is C11H23N3O. The van der Waals surface area contributed by atoms with Crippen molar-refractivity contribution in [2.45, 2.75) is 19.9 Å². The second kappa shape index (κ2) is 5.47. The van der Waals surface area contributed by atoms with E-state index < -0.39 is 0 Å². The summed E-state index contributed by atoms with van der Waals surface area (Å²) in [6.45, 7) is 7.84. The average molecular weight is 213 g/mol. The number of nitrogens with one attached hydrogen (secondary N) is 1. The van der Waals surface area contributed by atoms with E-state index >= 15 is 0 Å². The molecule has 1 unspecified atom stereocenters. The van der Waals surface area contributed by atoms with E-state index in [1.54, 1.807) is 0 Å². The zero-order valence-corrected chi connectivity index (χ0v) is 10.3. The van der Waals surface area contributed by atoms with E-state index in [2.05, 4.69) is 31.1 Å². The molecule has 1 amide bonds. The van der Waals surface area contributed by atoms with Crippen molar-refractivity contribution in [3.63, 3.8) is 0 Å². The molecule has 1 heterocycles. The summed E-state index contributed by atoms with van der Waals surface area (Å²) in [4.78, 5) is 16.0. The number of nitrogens with zero attached hydrogens (tertiary/aromatic N) is 2. The lowest BCUT2D eigenvalue weighted by Gasteiger charge is -2.33. The Morgan fingerprint density at radius 3 is 2.80 bits per heavy atom. The van der Waals surface area contributed by atoms with Gasteiger partial charge in [-0.15, -0.1) is 0 Å². The van der Waals surface area contributed by atoms with Gasteiger partial charge in [-0.05, 0) is 13.0 Å². The van der Waals surface area contributed by atoms with Gasteiger partial charge in [0.1, 0.15) is 0 Å². The molecule has 1 atom stereocenters. The summed E-state index contributed by atoms with van der Waals surface area (Å²) < 4.78 is 0. The molecular weight excluding hydrogens is 190 g/mol. The number of carbonyl (C=O) groups excluding carboxylic acids is 1. The topological polar surface area (TPSA) is 35.6 Å². The van der Waals surface area contributed by atoms with Gasteiger partial charge in [0.15, 0.2) is 0 Å². The number of likely N-dealkylation sites (N-methyl/N-ethyl adjacent to an activating group) is 2. The first kappa shape index (κ1) is 12.5. The molecule has 0 radical (unpaired) electrons.